The molecule has 0 aliphatic carbocycles. The second-order valence-electron chi connectivity index (χ2n) is 4.37. The highest BCUT2D eigenvalue weighted by Gasteiger charge is 2.07. The number of pyridine rings is 1. The lowest BCUT2D eigenvalue weighted by atomic mass is 10.0. The van der Waals surface area contributed by atoms with Gasteiger partial charge in [-0.25, -0.2) is 4.98 Å². The van der Waals surface area contributed by atoms with Crippen LogP contribution in [0, 0.1) is 13.8 Å². The second kappa shape index (κ2) is 5.45. The van der Waals surface area contributed by atoms with Crippen LogP contribution in [0.15, 0.2) is 42.6 Å². The van der Waals surface area contributed by atoms with Crippen molar-refractivity contribution < 1.29 is 4.79 Å². The maximum absolute atomic E-state index is 11.9. The van der Waals surface area contributed by atoms with Gasteiger partial charge in [0.05, 0.1) is 6.42 Å². The van der Waals surface area contributed by atoms with Crippen LogP contribution in [0.1, 0.15) is 16.7 Å². The smallest absolute Gasteiger partial charge is 0.229 e. The minimum absolute atomic E-state index is 0.0394. The van der Waals surface area contributed by atoms with Gasteiger partial charge in [-0.3, -0.25) is 4.79 Å². The standard InChI is InChI=1S/C15H16N2O/c1-11-6-7-12(2)13(9-11)10-15(18)17-14-5-3-4-8-16-14/h3-9H,10H2,1-2H3,(H,16,17,18). The Morgan fingerprint density at radius 2 is 2.06 bits per heavy atom. The molecule has 1 amide bonds. The van der Waals surface area contributed by atoms with E-state index in [0.717, 1.165) is 11.1 Å². The molecular weight excluding hydrogens is 224 g/mol. The lowest BCUT2D eigenvalue weighted by Crippen LogP contribution is -2.15. The van der Waals surface area contributed by atoms with Crippen LogP contribution in [0.4, 0.5) is 5.82 Å². The first kappa shape index (κ1) is 12.3. The Morgan fingerprint density at radius 1 is 1.22 bits per heavy atom. The molecule has 0 bridgehead atoms. The van der Waals surface area contributed by atoms with E-state index in [2.05, 4.69) is 16.4 Å². The minimum Gasteiger partial charge on any atom is -0.310 e. The number of aryl methyl sites for hydroxylation is 2. The number of carbonyl (C=O) groups excluding carboxylic acids is 1. The summed E-state index contributed by atoms with van der Waals surface area (Å²) in [6, 6.07) is 11.6. The molecule has 1 aromatic heterocycles. The average molecular weight is 240 g/mol. The average Bonchev–Trinajstić information content (AvgIpc) is 2.35. The van der Waals surface area contributed by atoms with Gasteiger partial charge in [0.1, 0.15) is 5.82 Å². The number of nitrogens with one attached hydrogen (secondary N) is 1. The summed E-state index contributed by atoms with van der Waals surface area (Å²) in [6.07, 6.45) is 2.04. The maximum Gasteiger partial charge on any atom is 0.229 e. The fraction of sp³-hybridized carbons (Fsp3) is 0.200. The Hall–Kier alpha value is -2.16. The Kier molecular flexibility index (Phi) is 3.72. The predicted molar refractivity (Wildman–Crippen MR) is 72.5 cm³/mol. The zero-order chi connectivity index (χ0) is 13.0. The molecule has 0 unspecified atom stereocenters. The number of hydrogen-bond donors (Lipinski definition) is 1. The van der Waals surface area contributed by atoms with E-state index in [1.54, 1.807) is 12.3 Å². The first-order valence-corrected chi connectivity index (χ1v) is 5.92. The third-order valence-corrected chi connectivity index (χ3v) is 2.79. The van der Waals surface area contributed by atoms with Gasteiger partial charge in [-0.05, 0) is 37.1 Å². The minimum atomic E-state index is -0.0394. The SMILES string of the molecule is Cc1ccc(C)c(CC(=O)Nc2ccccn2)c1. The van der Waals surface area contributed by atoms with Gasteiger partial charge in [0, 0.05) is 6.20 Å². The van der Waals surface area contributed by atoms with Crippen molar-refractivity contribution in [3.63, 3.8) is 0 Å². The second-order valence-corrected chi connectivity index (χ2v) is 4.37. The molecule has 1 aromatic carbocycles. The van der Waals surface area contributed by atoms with Crippen LogP contribution in [0.25, 0.3) is 0 Å². The fourth-order valence-electron chi connectivity index (χ4n) is 1.79. The van der Waals surface area contributed by atoms with Gasteiger partial charge in [0.25, 0.3) is 0 Å². The van der Waals surface area contributed by atoms with E-state index in [1.165, 1.54) is 5.56 Å². The molecule has 0 aliphatic heterocycles. The summed E-state index contributed by atoms with van der Waals surface area (Å²) in [5, 5.41) is 2.79. The summed E-state index contributed by atoms with van der Waals surface area (Å²) < 4.78 is 0. The van der Waals surface area contributed by atoms with Gasteiger partial charge in [-0.2, -0.15) is 0 Å². The lowest BCUT2D eigenvalue weighted by molar-refractivity contribution is -0.115. The van der Waals surface area contributed by atoms with Gasteiger partial charge < -0.3 is 5.32 Å². The van der Waals surface area contributed by atoms with E-state index in [0.29, 0.717) is 12.2 Å². The van der Waals surface area contributed by atoms with Gasteiger partial charge in [0.15, 0.2) is 0 Å². The van der Waals surface area contributed by atoms with Crippen molar-refractivity contribution in [3.05, 3.63) is 59.3 Å². The number of hydrogen-bond acceptors (Lipinski definition) is 2. The van der Waals surface area contributed by atoms with E-state index in [-0.39, 0.29) is 5.91 Å². The number of carbonyl (C=O) groups is 1. The molecule has 0 radical (unpaired) electrons. The first-order chi connectivity index (χ1) is 8.65. The van der Waals surface area contributed by atoms with Crippen LogP contribution >= 0.6 is 0 Å². The van der Waals surface area contributed by atoms with Crippen molar-refractivity contribution in [1.29, 1.82) is 0 Å². The van der Waals surface area contributed by atoms with Gasteiger partial charge in [-0.1, -0.05) is 29.8 Å². The predicted octanol–water partition coefficient (Wildman–Crippen LogP) is 2.88. The molecule has 92 valence electrons. The Morgan fingerprint density at radius 3 is 2.78 bits per heavy atom. The van der Waals surface area contributed by atoms with Gasteiger partial charge in [-0.15, -0.1) is 0 Å². The lowest BCUT2D eigenvalue weighted by Gasteiger charge is -2.07. The van der Waals surface area contributed by atoms with E-state index in [4.69, 9.17) is 0 Å². The van der Waals surface area contributed by atoms with Crippen LogP contribution in [0.5, 0.6) is 0 Å². The number of rotatable bonds is 3. The number of anilines is 1. The maximum atomic E-state index is 11.9. The van der Waals surface area contributed by atoms with Crippen molar-refractivity contribution >= 4 is 11.7 Å². The van der Waals surface area contributed by atoms with E-state index in [1.807, 2.05) is 38.1 Å². The molecule has 2 aromatic rings. The number of amides is 1. The Balaban J connectivity index is 2.05. The zero-order valence-electron chi connectivity index (χ0n) is 10.6. The zero-order valence-corrected chi connectivity index (χ0v) is 10.6. The molecule has 18 heavy (non-hydrogen) atoms. The molecule has 2 rings (SSSR count). The van der Waals surface area contributed by atoms with Gasteiger partial charge >= 0.3 is 0 Å². The molecule has 0 fully saturated rings. The molecule has 0 saturated heterocycles. The summed E-state index contributed by atoms with van der Waals surface area (Å²) in [5.74, 6) is 0.551. The van der Waals surface area contributed by atoms with Crippen LogP contribution in [0.2, 0.25) is 0 Å². The molecule has 0 atom stereocenters. The van der Waals surface area contributed by atoms with Crippen molar-refractivity contribution in [2.24, 2.45) is 0 Å². The number of aromatic nitrogens is 1. The van der Waals surface area contributed by atoms with Crippen LogP contribution in [-0.2, 0) is 11.2 Å². The summed E-state index contributed by atoms with van der Waals surface area (Å²) in [4.78, 5) is 16.0. The Bertz CT molecular complexity index is 550. The highest BCUT2D eigenvalue weighted by Crippen LogP contribution is 2.12. The molecule has 1 heterocycles. The summed E-state index contributed by atoms with van der Waals surface area (Å²) in [6.45, 7) is 4.04. The van der Waals surface area contributed by atoms with Crippen molar-refractivity contribution in [3.8, 4) is 0 Å². The highest BCUT2D eigenvalue weighted by molar-refractivity contribution is 5.91. The first-order valence-electron chi connectivity index (χ1n) is 5.92. The van der Waals surface area contributed by atoms with Crippen LogP contribution in [-0.4, -0.2) is 10.9 Å². The topological polar surface area (TPSA) is 42.0 Å². The quantitative estimate of drug-likeness (QED) is 0.896. The summed E-state index contributed by atoms with van der Waals surface area (Å²) in [7, 11) is 0. The molecule has 3 nitrogen and oxygen atoms in total. The van der Waals surface area contributed by atoms with Crippen molar-refractivity contribution in [2.75, 3.05) is 5.32 Å². The fourth-order valence-corrected chi connectivity index (χ4v) is 1.79. The van der Waals surface area contributed by atoms with E-state index < -0.39 is 0 Å². The molecular formula is C15H16N2O. The van der Waals surface area contributed by atoms with E-state index >= 15 is 0 Å². The third-order valence-electron chi connectivity index (χ3n) is 2.79. The Labute approximate surface area is 107 Å². The summed E-state index contributed by atoms with van der Waals surface area (Å²) >= 11 is 0. The molecule has 0 saturated carbocycles. The van der Waals surface area contributed by atoms with Crippen LogP contribution < -0.4 is 5.32 Å². The largest absolute Gasteiger partial charge is 0.310 e. The molecule has 0 spiro atoms. The third kappa shape index (κ3) is 3.17. The number of nitrogens with zero attached hydrogens (tertiary/aromatic N) is 1. The molecule has 0 aliphatic rings. The van der Waals surface area contributed by atoms with Crippen molar-refractivity contribution in [2.45, 2.75) is 20.3 Å². The van der Waals surface area contributed by atoms with E-state index in [9.17, 15) is 4.79 Å². The molecule has 3 heteroatoms. The normalized spacial score (nSPS) is 10.1. The van der Waals surface area contributed by atoms with Gasteiger partial charge in [0.2, 0.25) is 5.91 Å². The van der Waals surface area contributed by atoms with Crippen molar-refractivity contribution in [1.82, 2.24) is 4.98 Å². The molecule has 1 N–H and O–H groups in total. The van der Waals surface area contributed by atoms with Crippen LogP contribution in [0.3, 0.4) is 0 Å². The highest BCUT2D eigenvalue weighted by atomic mass is 16.1. The monoisotopic (exact) mass is 240 g/mol. The summed E-state index contributed by atoms with van der Waals surface area (Å²) in [5.41, 5.74) is 3.36. The number of benzene rings is 1.